The standard InChI is InChI=1S/C14H21N3O2/c1-10-7-11(13(15)18)9-12(8-10)14(19)17(4)6-5-16(2)3/h7-9H,5-6H2,1-4H3,(H2,15,18). The van der Waals surface area contributed by atoms with Crippen molar-refractivity contribution in [3.63, 3.8) is 0 Å². The summed E-state index contributed by atoms with van der Waals surface area (Å²) in [6.07, 6.45) is 0. The van der Waals surface area contributed by atoms with Crippen molar-refractivity contribution >= 4 is 11.8 Å². The number of carbonyl (C=O) groups excluding carboxylic acids is 2. The number of rotatable bonds is 5. The van der Waals surface area contributed by atoms with Crippen LogP contribution in [0.3, 0.4) is 0 Å². The van der Waals surface area contributed by atoms with Crippen LogP contribution in [0, 0.1) is 6.92 Å². The third kappa shape index (κ3) is 4.37. The molecule has 1 aromatic carbocycles. The summed E-state index contributed by atoms with van der Waals surface area (Å²) in [6, 6.07) is 4.99. The van der Waals surface area contributed by atoms with Crippen LogP contribution < -0.4 is 5.73 Å². The molecule has 0 atom stereocenters. The fraction of sp³-hybridized carbons (Fsp3) is 0.429. The highest BCUT2D eigenvalue weighted by molar-refractivity contribution is 5.99. The van der Waals surface area contributed by atoms with E-state index in [9.17, 15) is 9.59 Å². The number of hydrogen-bond donors (Lipinski definition) is 1. The highest BCUT2D eigenvalue weighted by Crippen LogP contribution is 2.11. The maximum atomic E-state index is 12.2. The van der Waals surface area contributed by atoms with Crippen molar-refractivity contribution in [1.82, 2.24) is 9.80 Å². The maximum Gasteiger partial charge on any atom is 0.253 e. The number of amides is 2. The molecule has 19 heavy (non-hydrogen) atoms. The zero-order chi connectivity index (χ0) is 14.6. The lowest BCUT2D eigenvalue weighted by molar-refractivity contribution is 0.0786. The fourth-order valence-corrected chi connectivity index (χ4v) is 1.72. The van der Waals surface area contributed by atoms with Crippen molar-refractivity contribution in [2.24, 2.45) is 5.73 Å². The van der Waals surface area contributed by atoms with E-state index >= 15 is 0 Å². The molecule has 0 aliphatic rings. The van der Waals surface area contributed by atoms with Crippen LogP contribution in [-0.4, -0.2) is 55.8 Å². The van der Waals surface area contributed by atoms with E-state index in [1.807, 2.05) is 25.9 Å². The number of likely N-dealkylation sites (N-methyl/N-ethyl adjacent to an activating group) is 2. The van der Waals surface area contributed by atoms with Gasteiger partial charge in [-0.15, -0.1) is 0 Å². The van der Waals surface area contributed by atoms with E-state index in [0.29, 0.717) is 17.7 Å². The summed E-state index contributed by atoms with van der Waals surface area (Å²) in [6.45, 7) is 3.26. The van der Waals surface area contributed by atoms with Crippen molar-refractivity contribution in [3.05, 3.63) is 34.9 Å². The Kier molecular flexibility index (Phi) is 5.06. The molecule has 2 N–H and O–H groups in total. The minimum Gasteiger partial charge on any atom is -0.366 e. The summed E-state index contributed by atoms with van der Waals surface area (Å²) in [7, 11) is 5.66. The largest absolute Gasteiger partial charge is 0.366 e. The molecule has 0 heterocycles. The van der Waals surface area contributed by atoms with Crippen LogP contribution >= 0.6 is 0 Å². The van der Waals surface area contributed by atoms with Crippen LogP contribution in [0.2, 0.25) is 0 Å². The second kappa shape index (κ2) is 6.33. The Morgan fingerprint density at radius 3 is 2.16 bits per heavy atom. The highest BCUT2D eigenvalue weighted by atomic mass is 16.2. The Balaban J connectivity index is 2.90. The smallest absolute Gasteiger partial charge is 0.253 e. The molecular formula is C14H21N3O2. The molecule has 5 heteroatoms. The topological polar surface area (TPSA) is 66.6 Å². The predicted molar refractivity (Wildman–Crippen MR) is 75.2 cm³/mol. The Morgan fingerprint density at radius 1 is 1.05 bits per heavy atom. The van der Waals surface area contributed by atoms with Crippen LogP contribution in [0.15, 0.2) is 18.2 Å². The molecule has 0 aliphatic heterocycles. The van der Waals surface area contributed by atoms with Crippen molar-refractivity contribution in [2.45, 2.75) is 6.92 Å². The SMILES string of the molecule is Cc1cc(C(N)=O)cc(C(=O)N(C)CCN(C)C)c1. The van der Waals surface area contributed by atoms with E-state index in [1.165, 1.54) is 0 Å². The molecule has 5 nitrogen and oxygen atoms in total. The van der Waals surface area contributed by atoms with Gasteiger partial charge in [0.25, 0.3) is 5.91 Å². The molecule has 0 saturated heterocycles. The van der Waals surface area contributed by atoms with Gasteiger partial charge in [0, 0.05) is 31.3 Å². The molecule has 0 radical (unpaired) electrons. The summed E-state index contributed by atoms with van der Waals surface area (Å²) < 4.78 is 0. The van der Waals surface area contributed by atoms with Gasteiger partial charge < -0.3 is 15.5 Å². The molecular weight excluding hydrogens is 242 g/mol. The molecule has 0 aromatic heterocycles. The Bertz CT molecular complexity index is 484. The van der Waals surface area contributed by atoms with E-state index in [-0.39, 0.29) is 5.91 Å². The average Bonchev–Trinajstić information content (AvgIpc) is 2.34. The highest BCUT2D eigenvalue weighted by Gasteiger charge is 2.14. The van der Waals surface area contributed by atoms with Crippen molar-refractivity contribution < 1.29 is 9.59 Å². The molecule has 104 valence electrons. The monoisotopic (exact) mass is 263 g/mol. The van der Waals surface area contributed by atoms with Gasteiger partial charge in [0.2, 0.25) is 5.91 Å². The Morgan fingerprint density at radius 2 is 1.63 bits per heavy atom. The lowest BCUT2D eigenvalue weighted by Crippen LogP contribution is -2.33. The number of benzene rings is 1. The van der Waals surface area contributed by atoms with Gasteiger partial charge in [-0.2, -0.15) is 0 Å². The lowest BCUT2D eigenvalue weighted by atomic mass is 10.1. The first-order chi connectivity index (χ1) is 8.81. The normalized spacial score (nSPS) is 10.6. The minimum absolute atomic E-state index is 0.104. The first-order valence-electron chi connectivity index (χ1n) is 6.13. The van der Waals surface area contributed by atoms with Gasteiger partial charge in [0.15, 0.2) is 0 Å². The Labute approximate surface area is 114 Å². The summed E-state index contributed by atoms with van der Waals surface area (Å²) in [4.78, 5) is 27.1. The summed E-state index contributed by atoms with van der Waals surface area (Å²) >= 11 is 0. The predicted octanol–water partition coefficient (Wildman–Crippen LogP) is 0.728. The molecule has 0 saturated carbocycles. The van der Waals surface area contributed by atoms with E-state index in [0.717, 1.165) is 12.1 Å². The van der Waals surface area contributed by atoms with Gasteiger partial charge in [-0.3, -0.25) is 9.59 Å². The van der Waals surface area contributed by atoms with Crippen LogP contribution in [0.1, 0.15) is 26.3 Å². The van der Waals surface area contributed by atoms with Crippen molar-refractivity contribution in [2.75, 3.05) is 34.2 Å². The van der Waals surface area contributed by atoms with Crippen LogP contribution in [0.5, 0.6) is 0 Å². The first-order valence-corrected chi connectivity index (χ1v) is 6.13. The lowest BCUT2D eigenvalue weighted by Gasteiger charge is -2.20. The van der Waals surface area contributed by atoms with Crippen LogP contribution in [-0.2, 0) is 0 Å². The van der Waals surface area contributed by atoms with Crippen molar-refractivity contribution in [1.29, 1.82) is 0 Å². The maximum absolute atomic E-state index is 12.2. The number of hydrogen-bond acceptors (Lipinski definition) is 3. The van der Waals surface area contributed by atoms with Crippen LogP contribution in [0.4, 0.5) is 0 Å². The zero-order valence-electron chi connectivity index (χ0n) is 11.9. The first kappa shape index (κ1) is 15.2. The zero-order valence-corrected chi connectivity index (χ0v) is 11.9. The van der Waals surface area contributed by atoms with E-state index in [2.05, 4.69) is 0 Å². The molecule has 0 unspecified atom stereocenters. The molecule has 0 bridgehead atoms. The average molecular weight is 263 g/mol. The van der Waals surface area contributed by atoms with E-state index < -0.39 is 5.91 Å². The third-order valence-corrected chi connectivity index (χ3v) is 2.84. The second-order valence-corrected chi connectivity index (χ2v) is 4.98. The molecule has 0 aliphatic carbocycles. The summed E-state index contributed by atoms with van der Waals surface area (Å²) in [5, 5.41) is 0. The van der Waals surface area contributed by atoms with Gasteiger partial charge in [-0.05, 0) is 44.8 Å². The molecule has 1 rings (SSSR count). The van der Waals surface area contributed by atoms with Crippen molar-refractivity contribution in [3.8, 4) is 0 Å². The second-order valence-electron chi connectivity index (χ2n) is 4.98. The summed E-state index contributed by atoms with van der Waals surface area (Å²) in [5.41, 5.74) is 6.96. The summed E-state index contributed by atoms with van der Waals surface area (Å²) in [5.74, 6) is -0.623. The van der Waals surface area contributed by atoms with Gasteiger partial charge in [0.1, 0.15) is 0 Å². The van der Waals surface area contributed by atoms with E-state index in [1.54, 1.807) is 30.1 Å². The quantitative estimate of drug-likeness (QED) is 0.851. The molecule has 0 spiro atoms. The molecule has 2 amide bonds. The molecule has 1 aromatic rings. The minimum atomic E-state index is -0.520. The van der Waals surface area contributed by atoms with Crippen LogP contribution in [0.25, 0.3) is 0 Å². The number of aryl methyl sites for hydroxylation is 1. The Hall–Kier alpha value is -1.88. The van der Waals surface area contributed by atoms with Gasteiger partial charge >= 0.3 is 0 Å². The van der Waals surface area contributed by atoms with E-state index in [4.69, 9.17) is 5.73 Å². The number of nitrogens with two attached hydrogens (primary N) is 1. The third-order valence-electron chi connectivity index (χ3n) is 2.84. The molecule has 0 fully saturated rings. The number of nitrogens with zero attached hydrogens (tertiary/aromatic N) is 2. The van der Waals surface area contributed by atoms with Gasteiger partial charge in [-0.25, -0.2) is 0 Å². The van der Waals surface area contributed by atoms with Gasteiger partial charge in [-0.1, -0.05) is 0 Å². The number of carbonyl (C=O) groups is 2. The fourth-order valence-electron chi connectivity index (χ4n) is 1.72. The number of primary amides is 1. The van der Waals surface area contributed by atoms with Gasteiger partial charge in [0.05, 0.1) is 0 Å².